The van der Waals surface area contributed by atoms with Gasteiger partial charge in [-0.3, -0.25) is 9.10 Å². The Morgan fingerprint density at radius 1 is 0.917 bits per heavy atom. The van der Waals surface area contributed by atoms with Crippen LogP contribution in [0.4, 0.5) is 20.2 Å². The molecule has 1 fully saturated rings. The molecule has 1 aliphatic rings. The highest BCUT2D eigenvalue weighted by molar-refractivity contribution is 7.92. The molecule has 3 aromatic carbocycles. The molecule has 1 saturated heterocycles. The molecule has 0 N–H and O–H groups in total. The molecule has 0 spiro atoms. The minimum atomic E-state index is -3.60. The Morgan fingerprint density at radius 2 is 1.56 bits per heavy atom. The maximum Gasteiger partial charge on any atom is 0.260 e. The van der Waals surface area contributed by atoms with Crippen molar-refractivity contribution in [3.05, 3.63) is 90.0 Å². The third kappa shape index (κ3) is 6.31. The molecule has 36 heavy (non-hydrogen) atoms. The van der Waals surface area contributed by atoms with Crippen LogP contribution in [0.3, 0.4) is 0 Å². The number of piperazine rings is 1. The van der Waals surface area contributed by atoms with E-state index < -0.39 is 15.8 Å². The van der Waals surface area contributed by atoms with E-state index in [1.165, 1.54) is 34.6 Å². The summed E-state index contributed by atoms with van der Waals surface area (Å²) in [5.41, 5.74) is 1.59. The molecule has 0 aliphatic carbocycles. The van der Waals surface area contributed by atoms with E-state index in [-0.39, 0.29) is 24.9 Å². The number of para-hydroxylation sites is 1. The Labute approximate surface area is 209 Å². The molecule has 1 heterocycles. The maximum absolute atomic E-state index is 14.0. The van der Waals surface area contributed by atoms with Gasteiger partial charge in [0.25, 0.3) is 5.91 Å². The lowest BCUT2D eigenvalue weighted by atomic mass is 10.2. The molecule has 190 valence electrons. The fraction of sp³-hybridized carbons (Fsp3) is 0.269. The summed E-state index contributed by atoms with van der Waals surface area (Å²) in [5.74, 6) is -0.433. The quantitative estimate of drug-likeness (QED) is 0.458. The van der Waals surface area contributed by atoms with Crippen LogP contribution in [0.1, 0.15) is 5.56 Å². The van der Waals surface area contributed by atoms with Crippen LogP contribution in [0.15, 0.2) is 72.8 Å². The molecule has 1 aliphatic heterocycles. The van der Waals surface area contributed by atoms with Crippen molar-refractivity contribution >= 4 is 27.3 Å². The number of halogens is 2. The van der Waals surface area contributed by atoms with Crippen molar-refractivity contribution in [2.75, 3.05) is 48.2 Å². The molecule has 3 aromatic rings. The molecular weight excluding hydrogens is 488 g/mol. The Bertz CT molecular complexity index is 1290. The van der Waals surface area contributed by atoms with Crippen LogP contribution >= 0.6 is 0 Å². The summed E-state index contributed by atoms with van der Waals surface area (Å²) in [6.07, 6.45) is 1.10. The van der Waals surface area contributed by atoms with E-state index >= 15 is 0 Å². The lowest BCUT2D eigenvalue weighted by molar-refractivity contribution is -0.133. The zero-order chi connectivity index (χ0) is 25.7. The number of benzene rings is 3. The number of hydrogen-bond donors (Lipinski definition) is 0. The average molecular weight is 516 g/mol. The first-order valence-electron chi connectivity index (χ1n) is 11.4. The van der Waals surface area contributed by atoms with E-state index in [4.69, 9.17) is 4.74 Å². The maximum atomic E-state index is 14.0. The molecule has 0 bridgehead atoms. The highest BCUT2D eigenvalue weighted by Crippen LogP contribution is 2.24. The third-order valence-corrected chi connectivity index (χ3v) is 7.09. The molecule has 4 rings (SSSR count). The number of carbonyl (C=O) groups excluding carboxylic acids is 1. The summed E-state index contributed by atoms with van der Waals surface area (Å²) in [6.45, 7) is 1.86. The number of nitrogens with zero attached hydrogens (tertiary/aromatic N) is 3. The zero-order valence-corrected chi connectivity index (χ0v) is 20.6. The lowest BCUT2D eigenvalue weighted by Gasteiger charge is -2.36. The van der Waals surface area contributed by atoms with Crippen molar-refractivity contribution < 1.29 is 26.7 Å². The Kier molecular flexibility index (Phi) is 7.73. The summed E-state index contributed by atoms with van der Waals surface area (Å²) in [6, 6.07) is 18.6. The second kappa shape index (κ2) is 10.9. The first-order chi connectivity index (χ1) is 17.2. The van der Waals surface area contributed by atoms with Gasteiger partial charge in [-0.25, -0.2) is 17.2 Å². The summed E-state index contributed by atoms with van der Waals surface area (Å²) < 4.78 is 58.8. The minimum Gasteiger partial charge on any atom is -0.484 e. The normalized spacial score (nSPS) is 14.0. The van der Waals surface area contributed by atoms with E-state index in [2.05, 4.69) is 0 Å². The van der Waals surface area contributed by atoms with Crippen molar-refractivity contribution in [3.8, 4) is 5.75 Å². The van der Waals surface area contributed by atoms with E-state index in [1.54, 1.807) is 47.4 Å². The fourth-order valence-electron chi connectivity index (χ4n) is 4.01. The van der Waals surface area contributed by atoms with Crippen LogP contribution in [0, 0.1) is 11.6 Å². The smallest absolute Gasteiger partial charge is 0.260 e. The number of hydrogen-bond acceptors (Lipinski definition) is 5. The van der Waals surface area contributed by atoms with Crippen LogP contribution in [0.2, 0.25) is 0 Å². The Morgan fingerprint density at radius 3 is 2.17 bits per heavy atom. The Balaban J connectivity index is 1.32. The van der Waals surface area contributed by atoms with Crippen molar-refractivity contribution in [1.29, 1.82) is 0 Å². The SMILES string of the molecule is CS(=O)(=O)N(Cc1ccc(F)cc1)c1ccc(OCC(=O)N2CCN(c3ccccc3F)CC2)cc1. The second-order valence-corrected chi connectivity index (χ2v) is 10.4. The van der Waals surface area contributed by atoms with Crippen molar-refractivity contribution in [3.63, 3.8) is 0 Å². The van der Waals surface area contributed by atoms with Crippen LogP contribution < -0.4 is 13.9 Å². The van der Waals surface area contributed by atoms with Gasteiger partial charge in [0, 0.05) is 26.2 Å². The van der Waals surface area contributed by atoms with E-state index in [0.717, 1.165) is 6.26 Å². The predicted molar refractivity (Wildman–Crippen MR) is 135 cm³/mol. The standard InChI is InChI=1S/C26H27F2N3O4S/c1-36(33,34)31(18-20-6-8-21(27)9-7-20)22-10-12-23(13-11-22)35-19-26(32)30-16-14-29(15-17-30)25-5-3-2-4-24(25)28/h2-13H,14-19H2,1H3. The predicted octanol–water partition coefficient (Wildman–Crippen LogP) is 3.66. The first-order valence-corrected chi connectivity index (χ1v) is 13.3. The molecule has 0 aromatic heterocycles. The molecule has 0 atom stereocenters. The van der Waals surface area contributed by atoms with Gasteiger partial charge < -0.3 is 14.5 Å². The van der Waals surface area contributed by atoms with Crippen LogP contribution in [0.5, 0.6) is 5.75 Å². The molecule has 10 heteroatoms. The lowest BCUT2D eigenvalue weighted by Crippen LogP contribution is -2.50. The van der Waals surface area contributed by atoms with E-state index in [9.17, 15) is 22.0 Å². The fourth-order valence-corrected chi connectivity index (χ4v) is 4.89. The summed E-state index contributed by atoms with van der Waals surface area (Å²) in [4.78, 5) is 16.2. The minimum absolute atomic E-state index is 0.0522. The van der Waals surface area contributed by atoms with Crippen LogP contribution in [-0.4, -0.2) is 58.3 Å². The van der Waals surface area contributed by atoms with Crippen molar-refractivity contribution in [2.24, 2.45) is 0 Å². The Hall–Kier alpha value is -3.66. The highest BCUT2D eigenvalue weighted by atomic mass is 32.2. The molecule has 7 nitrogen and oxygen atoms in total. The average Bonchev–Trinajstić information content (AvgIpc) is 2.87. The van der Waals surface area contributed by atoms with Gasteiger partial charge in [-0.05, 0) is 54.1 Å². The van der Waals surface area contributed by atoms with Crippen molar-refractivity contribution in [2.45, 2.75) is 6.54 Å². The third-order valence-electron chi connectivity index (χ3n) is 5.95. The molecule has 0 unspecified atom stereocenters. The monoisotopic (exact) mass is 515 g/mol. The number of anilines is 2. The number of ether oxygens (including phenoxy) is 1. The zero-order valence-electron chi connectivity index (χ0n) is 19.8. The molecule has 0 radical (unpaired) electrons. The topological polar surface area (TPSA) is 70.2 Å². The highest BCUT2D eigenvalue weighted by Gasteiger charge is 2.23. The molecule has 1 amide bonds. The summed E-state index contributed by atoms with van der Waals surface area (Å²) in [7, 11) is -3.60. The first kappa shape index (κ1) is 25.4. The largest absolute Gasteiger partial charge is 0.484 e. The van der Waals surface area contributed by atoms with Crippen LogP contribution in [0.25, 0.3) is 0 Å². The van der Waals surface area contributed by atoms with Crippen molar-refractivity contribution in [1.82, 2.24) is 4.90 Å². The number of amides is 1. The second-order valence-electron chi connectivity index (χ2n) is 8.50. The van der Waals surface area contributed by atoms with Gasteiger partial charge in [-0.1, -0.05) is 24.3 Å². The summed E-state index contributed by atoms with van der Waals surface area (Å²) >= 11 is 0. The van der Waals surface area contributed by atoms with E-state index in [0.29, 0.717) is 48.9 Å². The number of rotatable bonds is 8. The number of sulfonamides is 1. The van der Waals surface area contributed by atoms with Gasteiger partial charge in [0.1, 0.15) is 17.4 Å². The van der Waals surface area contributed by atoms with Gasteiger partial charge in [-0.2, -0.15) is 0 Å². The summed E-state index contributed by atoms with van der Waals surface area (Å²) in [5, 5.41) is 0. The molecule has 0 saturated carbocycles. The van der Waals surface area contributed by atoms with Gasteiger partial charge >= 0.3 is 0 Å². The van der Waals surface area contributed by atoms with Gasteiger partial charge in [0.2, 0.25) is 10.0 Å². The molecular formula is C26H27F2N3O4S. The number of carbonyl (C=O) groups is 1. The van der Waals surface area contributed by atoms with Crippen LogP contribution in [-0.2, 0) is 21.4 Å². The van der Waals surface area contributed by atoms with Gasteiger partial charge in [-0.15, -0.1) is 0 Å². The van der Waals surface area contributed by atoms with E-state index in [1.807, 2.05) is 4.90 Å². The van der Waals surface area contributed by atoms with Gasteiger partial charge in [0.15, 0.2) is 6.61 Å². The van der Waals surface area contributed by atoms with Gasteiger partial charge in [0.05, 0.1) is 24.2 Å².